The largest absolute Gasteiger partial charge is 0.355 e. The first-order valence-electron chi connectivity index (χ1n) is 10.1. The molecule has 2 aliphatic carbocycles. The summed E-state index contributed by atoms with van der Waals surface area (Å²) in [6, 6.07) is 0.0525. The van der Waals surface area contributed by atoms with Gasteiger partial charge in [0.1, 0.15) is 5.54 Å². The van der Waals surface area contributed by atoms with Crippen molar-refractivity contribution in [3.05, 3.63) is 11.7 Å². The summed E-state index contributed by atoms with van der Waals surface area (Å²) in [6.45, 7) is 2.04. The number of hydrogen-bond donors (Lipinski definition) is 3. The summed E-state index contributed by atoms with van der Waals surface area (Å²) in [5.74, 6) is 1.38. The summed E-state index contributed by atoms with van der Waals surface area (Å²) >= 11 is 0. The zero-order valence-corrected chi connectivity index (χ0v) is 16.1. The molecular formula is C19H31N5O3. The monoisotopic (exact) mass is 377 g/mol. The maximum Gasteiger partial charge on any atom is 0.227 e. The van der Waals surface area contributed by atoms with Gasteiger partial charge in [0.25, 0.3) is 0 Å². The van der Waals surface area contributed by atoms with Gasteiger partial charge < -0.3 is 20.9 Å². The first-order valence-corrected chi connectivity index (χ1v) is 10.1. The third kappa shape index (κ3) is 5.51. The fraction of sp³-hybridized carbons (Fsp3) is 0.789. The van der Waals surface area contributed by atoms with Crippen molar-refractivity contribution >= 4 is 11.8 Å². The second-order valence-electron chi connectivity index (χ2n) is 7.99. The number of carbonyl (C=O) groups is 2. The van der Waals surface area contributed by atoms with Gasteiger partial charge in [0.05, 0.1) is 0 Å². The zero-order chi connectivity index (χ0) is 19.3. The number of aromatic nitrogens is 2. The molecule has 8 nitrogen and oxygen atoms in total. The topological polar surface area (TPSA) is 123 Å². The molecule has 3 rings (SSSR count). The molecule has 1 heterocycles. The molecule has 1 aromatic rings. The number of nitrogens with zero attached hydrogens (tertiary/aromatic N) is 2. The van der Waals surface area contributed by atoms with Crippen LogP contribution in [0.25, 0.3) is 0 Å². The second kappa shape index (κ2) is 8.82. The maximum atomic E-state index is 12.0. The Morgan fingerprint density at radius 2 is 1.96 bits per heavy atom. The molecule has 0 saturated heterocycles. The molecule has 27 heavy (non-hydrogen) atoms. The molecule has 4 N–H and O–H groups in total. The highest BCUT2D eigenvalue weighted by Gasteiger charge is 2.38. The molecule has 0 radical (unpaired) electrons. The van der Waals surface area contributed by atoms with Gasteiger partial charge in [-0.25, -0.2) is 0 Å². The predicted octanol–water partition coefficient (Wildman–Crippen LogP) is 1.54. The van der Waals surface area contributed by atoms with Crippen molar-refractivity contribution in [2.75, 3.05) is 6.54 Å². The van der Waals surface area contributed by atoms with Crippen molar-refractivity contribution in [2.24, 2.45) is 11.7 Å². The fourth-order valence-electron chi connectivity index (χ4n) is 3.86. The summed E-state index contributed by atoms with van der Waals surface area (Å²) in [4.78, 5) is 28.3. The van der Waals surface area contributed by atoms with E-state index in [1.54, 1.807) is 0 Å². The van der Waals surface area contributed by atoms with Crippen molar-refractivity contribution < 1.29 is 14.1 Å². The Labute approximate surface area is 160 Å². The van der Waals surface area contributed by atoms with E-state index in [2.05, 4.69) is 20.8 Å². The lowest BCUT2D eigenvalue weighted by atomic mass is 9.89. The van der Waals surface area contributed by atoms with Crippen LogP contribution in [-0.4, -0.2) is 34.5 Å². The van der Waals surface area contributed by atoms with Crippen molar-refractivity contribution in [2.45, 2.75) is 82.7 Å². The average Bonchev–Trinajstić information content (AvgIpc) is 3.41. The Bertz CT molecular complexity index is 648. The number of carbonyl (C=O) groups excluding carboxylic acids is 2. The third-order valence-corrected chi connectivity index (χ3v) is 5.60. The highest BCUT2D eigenvalue weighted by molar-refractivity contribution is 5.76. The van der Waals surface area contributed by atoms with Gasteiger partial charge in [-0.2, -0.15) is 4.98 Å². The van der Waals surface area contributed by atoms with Crippen molar-refractivity contribution in [3.8, 4) is 0 Å². The number of aryl methyl sites for hydroxylation is 1. The second-order valence-corrected chi connectivity index (χ2v) is 7.99. The maximum absolute atomic E-state index is 12.0. The normalized spacial score (nSPS) is 20.5. The summed E-state index contributed by atoms with van der Waals surface area (Å²) in [5, 5.41) is 10.1. The van der Waals surface area contributed by atoms with Crippen molar-refractivity contribution in [3.63, 3.8) is 0 Å². The number of amides is 2. The lowest BCUT2D eigenvalue weighted by Gasteiger charge is -2.30. The van der Waals surface area contributed by atoms with E-state index in [0.29, 0.717) is 30.6 Å². The average molecular weight is 377 g/mol. The Hall–Kier alpha value is -1.96. The summed E-state index contributed by atoms with van der Waals surface area (Å²) < 4.78 is 5.37. The van der Waals surface area contributed by atoms with Crippen LogP contribution in [0.15, 0.2) is 4.52 Å². The minimum absolute atomic E-state index is 0.0525. The van der Waals surface area contributed by atoms with Crippen LogP contribution in [0, 0.1) is 5.92 Å². The highest BCUT2D eigenvalue weighted by Crippen LogP contribution is 2.34. The van der Waals surface area contributed by atoms with E-state index in [0.717, 1.165) is 51.4 Å². The number of nitrogens with one attached hydrogen (secondary N) is 2. The molecule has 0 spiro atoms. The lowest BCUT2D eigenvalue weighted by molar-refractivity contribution is -0.122. The van der Waals surface area contributed by atoms with Gasteiger partial charge in [-0.05, 0) is 31.6 Å². The minimum Gasteiger partial charge on any atom is -0.355 e. The smallest absolute Gasteiger partial charge is 0.227 e. The molecule has 1 atom stereocenters. The van der Waals surface area contributed by atoms with E-state index in [1.807, 2.05) is 0 Å². The third-order valence-electron chi connectivity index (χ3n) is 5.60. The predicted molar refractivity (Wildman–Crippen MR) is 99.5 cm³/mol. The molecular weight excluding hydrogens is 346 g/mol. The van der Waals surface area contributed by atoms with Crippen molar-refractivity contribution in [1.82, 2.24) is 20.8 Å². The highest BCUT2D eigenvalue weighted by atomic mass is 16.5. The standard InChI is InChI=1S/C19H31N5O3/c1-13(25)23-19(10-4-2-3-5-11-19)18-22-17(27-24-18)9-8-16(26)21-12-15(20)14-6-7-14/h14-15H,2-12,20H2,1H3,(H,21,26)(H,23,25). The van der Waals surface area contributed by atoms with Crippen LogP contribution in [0.5, 0.6) is 0 Å². The molecule has 2 fully saturated rings. The van der Waals surface area contributed by atoms with Crippen LogP contribution >= 0.6 is 0 Å². The van der Waals surface area contributed by atoms with Gasteiger partial charge in [0.15, 0.2) is 5.82 Å². The SMILES string of the molecule is CC(=O)NC1(c2noc(CCC(=O)NCC(N)C3CC3)n2)CCCCCC1. The molecule has 1 aromatic heterocycles. The summed E-state index contributed by atoms with van der Waals surface area (Å²) in [5.41, 5.74) is 5.45. The molecule has 150 valence electrons. The Morgan fingerprint density at radius 3 is 2.59 bits per heavy atom. The van der Waals surface area contributed by atoms with Gasteiger partial charge in [0, 0.05) is 32.4 Å². The Balaban J connectivity index is 1.55. The molecule has 8 heteroatoms. The molecule has 2 amide bonds. The molecule has 0 bridgehead atoms. The fourth-order valence-corrected chi connectivity index (χ4v) is 3.86. The van der Waals surface area contributed by atoms with Gasteiger partial charge in [-0.3, -0.25) is 9.59 Å². The quantitative estimate of drug-likeness (QED) is 0.591. The van der Waals surface area contributed by atoms with Crippen LogP contribution in [0.4, 0.5) is 0 Å². The van der Waals surface area contributed by atoms with E-state index in [-0.39, 0.29) is 24.3 Å². The van der Waals surface area contributed by atoms with Crippen LogP contribution < -0.4 is 16.4 Å². The lowest BCUT2D eigenvalue weighted by Crippen LogP contribution is -2.45. The number of rotatable bonds is 8. The van der Waals surface area contributed by atoms with E-state index >= 15 is 0 Å². The van der Waals surface area contributed by atoms with Gasteiger partial charge in [-0.15, -0.1) is 0 Å². The first kappa shape index (κ1) is 19.8. The Morgan fingerprint density at radius 1 is 1.26 bits per heavy atom. The minimum atomic E-state index is -0.552. The van der Waals surface area contributed by atoms with Crippen LogP contribution in [0.1, 0.15) is 76.4 Å². The van der Waals surface area contributed by atoms with E-state index in [4.69, 9.17) is 10.3 Å². The van der Waals surface area contributed by atoms with E-state index in [1.165, 1.54) is 6.92 Å². The molecule has 1 unspecified atom stereocenters. The Kier molecular flexibility index (Phi) is 6.46. The molecule has 0 aliphatic heterocycles. The van der Waals surface area contributed by atoms with Crippen LogP contribution in [-0.2, 0) is 21.5 Å². The van der Waals surface area contributed by atoms with Crippen LogP contribution in [0.3, 0.4) is 0 Å². The molecule has 0 aromatic carbocycles. The summed E-state index contributed by atoms with van der Waals surface area (Å²) in [6.07, 6.45) is 8.96. The first-order chi connectivity index (χ1) is 13.0. The summed E-state index contributed by atoms with van der Waals surface area (Å²) in [7, 11) is 0. The molecule has 2 saturated carbocycles. The van der Waals surface area contributed by atoms with Crippen LogP contribution in [0.2, 0.25) is 0 Å². The number of hydrogen-bond acceptors (Lipinski definition) is 6. The van der Waals surface area contributed by atoms with Crippen molar-refractivity contribution in [1.29, 1.82) is 0 Å². The molecule has 2 aliphatic rings. The van der Waals surface area contributed by atoms with E-state index in [9.17, 15) is 9.59 Å². The van der Waals surface area contributed by atoms with Gasteiger partial charge in [-0.1, -0.05) is 30.8 Å². The number of nitrogens with two attached hydrogens (primary N) is 1. The van der Waals surface area contributed by atoms with Gasteiger partial charge >= 0.3 is 0 Å². The van der Waals surface area contributed by atoms with E-state index < -0.39 is 5.54 Å². The zero-order valence-electron chi connectivity index (χ0n) is 16.1. The van der Waals surface area contributed by atoms with Gasteiger partial charge in [0.2, 0.25) is 17.7 Å².